The van der Waals surface area contributed by atoms with Gasteiger partial charge in [-0.25, -0.2) is 4.79 Å². The number of carbonyl (C=O) groups is 2. The minimum atomic E-state index is -0.973. The van der Waals surface area contributed by atoms with Gasteiger partial charge >= 0.3 is 5.97 Å². The van der Waals surface area contributed by atoms with E-state index in [9.17, 15) is 9.59 Å². The van der Waals surface area contributed by atoms with Crippen LogP contribution in [0.4, 0.5) is 5.69 Å². The van der Waals surface area contributed by atoms with Crippen LogP contribution in [0, 0.1) is 0 Å². The van der Waals surface area contributed by atoms with Crippen LogP contribution < -0.4 is 10.6 Å². The van der Waals surface area contributed by atoms with E-state index in [-0.39, 0.29) is 11.5 Å². The first kappa shape index (κ1) is 15.0. The Bertz CT molecular complexity index is 960. The summed E-state index contributed by atoms with van der Waals surface area (Å²) in [6, 6.07) is 17.3. The van der Waals surface area contributed by atoms with Gasteiger partial charge in [-0.1, -0.05) is 24.3 Å². The van der Waals surface area contributed by atoms with Crippen LogP contribution in [0.25, 0.3) is 11.3 Å². The van der Waals surface area contributed by atoms with Crippen LogP contribution in [-0.2, 0) is 0 Å². The molecule has 3 aromatic rings. The van der Waals surface area contributed by atoms with E-state index >= 15 is 0 Å². The van der Waals surface area contributed by atoms with Crippen molar-refractivity contribution >= 4 is 17.6 Å². The minimum Gasteiger partial charge on any atom is -0.478 e. The summed E-state index contributed by atoms with van der Waals surface area (Å²) in [5.41, 5.74) is 2.32. The maximum Gasteiger partial charge on any atom is 0.335 e. The number of amides is 1. The number of carbonyl (C=O) groups excluding carboxylic acids is 1. The predicted molar refractivity (Wildman–Crippen MR) is 91.4 cm³/mol. The molecule has 2 heterocycles. The molecule has 0 bridgehead atoms. The van der Waals surface area contributed by atoms with Gasteiger partial charge in [0.05, 0.1) is 11.1 Å². The van der Waals surface area contributed by atoms with Gasteiger partial charge in [-0.15, -0.1) is 0 Å². The third kappa shape index (κ3) is 2.74. The van der Waals surface area contributed by atoms with Crippen molar-refractivity contribution in [2.75, 3.05) is 5.32 Å². The number of anilines is 1. The number of benzene rings is 2. The van der Waals surface area contributed by atoms with E-state index in [1.54, 1.807) is 30.3 Å². The molecular weight excluding hydrogens is 320 g/mol. The average molecular weight is 334 g/mol. The van der Waals surface area contributed by atoms with Crippen molar-refractivity contribution in [3.63, 3.8) is 0 Å². The molecule has 1 aliphatic rings. The van der Waals surface area contributed by atoms with E-state index in [0.29, 0.717) is 17.1 Å². The van der Waals surface area contributed by atoms with Gasteiger partial charge in [0, 0.05) is 11.3 Å². The Balaban J connectivity index is 1.60. The first-order valence-corrected chi connectivity index (χ1v) is 7.72. The summed E-state index contributed by atoms with van der Waals surface area (Å²) in [7, 11) is 0. The van der Waals surface area contributed by atoms with Gasteiger partial charge in [-0.05, 0) is 36.4 Å². The molecule has 0 fully saturated rings. The topological polar surface area (TPSA) is 91.6 Å². The molecule has 25 heavy (non-hydrogen) atoms. The zero-order chi connectivity index (χ0) is 17.4. The fourth-order valence-corrected chi connectivity index (χ4v) is 2.79. The summed E-state index contributed by atoms with van der Waals surface area (Å²) in [5, 5.41) is 15.0. The van der Waals surface area contributed by atoms with Gasteiger partial charge in [0.15, 0.2) is 6.17 Å². The zero-order valence-electron chi connectivity index (χ0n) is 13.0. The largest absolute Gasteiger partial charge is 0.478 e. The molecule has 1 aromatic heterocycles. The molecule has 0 spiro atoms. The molecule has 0 saturated carbocycles. The number of hydrogen-bond acceptors (Lipinski definition) is 4. The third-order valence-corrected chi connectivity index (χ3v) is 4.07. The lowest BCUT2D eigenvalue weighted by Crippen LogP contribution is -2.38. The number of nitrogens with one attached hydrogen (secondary N) is 2. The summed E-state index contributed by atoms with van der Waals surface area (Å²) in [6.07, 6.45) is -0.463. The smallest absolute Gasteiger partial charge is 0.335 e. The van der Waals surface area contributed by atoms with E-state index in [4.69, 9.17) is 9.52 Å². The highest BCUT2D eigenvalue weighted by Crippen LogP contribution is 2.30. The molecule has 0 unspecified atom stereocenters. The molecule has 124 valence electrons. The highest BCUT2D eigenvalue weighted by molar-refractivity contribution is 6.01. The Kier molecular flexibility index (Phi) is 3.50. The Morgan fingerprint density at radius 2 is 1.72 bits per heavy atom. The molecule has 6 nitrogen and oxygen atoms in total. The first-order chi connectivity index (χ1) is 12.1. The third-order valence-electron chi connectivity index (χ3n) is 4.07. The Labute approximate surface area is 143 Å². The highest BCUT2D eigenvalue weighted by atomic mass is 16.4. The lowest BCUT2D eigenvalue weighted by atomic mass is 10.1. The fraction of sp³-hybridized carbons (Fsp3) is 0.0526. The molecule has 0 radical (unpaired) electrons. The molecule has 4 rings (SSSR count). The normalized spacial score (nSPS) is 15.8. The SMILES string of the molecule is O=C(O)c1ccc(-c2ccc([C@@H]3NC(=O)c4ccccc4N3)o2)cc1. The van der Waals surface area contributed by atoms with E-state index < -0.39 is 12.1 Å². The van der Waals surface area contributed by atoms with Crippen molar-refractivity contribution in [3.8, 4) is 11.3 Å². The quantitative estimate of drug-likeness (QED) is 0.682. The van der Waals surface area contributed by atoms with Crippen molar-refractivity contribution < 1.29 is 19.1 Å². The van der Waals surface area contributed by atoms with Gasteiger partial charge in [0.2, 0.25) is 0 Å². The first-order valence-electron chi connectivity index (χ1n) is 7.72. The number of rotatable bonds is 3. The lowest BCUT2D eigenvalue weighted by Gasteiger charge is -2.26. The highest BCUT2D eigenvalue weighted by Gasteiger charge is 2.26. The van der Waals surface area contributed by atoms with Gasteiger partial charge < -0.3 is 20.2 Å². The summed E-state index contributed by atoms with van der Waals surface area (Å²) in [4.78, 5) is 23.1. The maximum absolute atomic E-state index is 12.2. The number of aromatic carboxylic acids is 1. The molecule has 3 N–H and O–H groups in total. The summed E-state index contributed by atoms with van der Waals surface area (Å²) < 4.78 is 5.85. The molecular formula is C19H14N2O4. The second-order valence-corrected chi connectivity index (χ2v) is 5.68. The second kappa shape index (κ2) is 5.83. The van der Waals surface area contributed by atoms with Crippen LogP contribution in [0.15, 0.2) is 65.1 Å². The minimum absolute atomic E-state index is 0.164. The monoisotopic (exact) mass is 334 g/mol. The molecule has 1 aliphatic heterocycles. The van der Waals surface area contributed by atoms with E-state index in [0.717, 1.165) is 11.3 Å². The van der Waals surface area contributed by atoms with Crippen LogP contribution in [-0.4, -0.2) is 17.0 Å². The van der Waals surface area contributed by atoms with Crippen LogP contribution in [0.1, 0.15) is 32.6 Å². The van der Waals surface area contributed by atoms with E-state index in [1.807, 2.05) is 18.2 Å². The Morgan fingerprint density at radius 3 is 2.48 bits per heavy atom. The number of carboxylic acids is 1. The zero-order valence-corrected chi connectivity index (χ0v) is 13.0. The van der Waals surface area contributed by atoms with Crippen molar-refractivity contribution in [1.29, 1.82) is 0 Å². The van der Waals surface area contributed by atoms with Crippen molar-refractivity contribution in [1.82, 2.24) is 5.32 Å². The second-order valence-electron chi connectivity index (χ2n) is 5.68. The van der Waals surface area contributed by atoms with Crippen molar-refractivity contribution in [2.24, 2.45) is 0 Å². The van der Waals surface area contributed by atoms with E-state index in [1.165, 1.54) is 12.1 Å². The van der Waals surface area contributed by atoms with Crippen LogP contribution in [0.5, 0.6) is 0 Å². The van der Waals surface area contributed by atoms with Gasteiger partial charge in [0.1, 0.15) is 11.5 Å². The number of para-hydroxylation sites is 1. The van der Waals surface area contributed by atoms with Crippen molar-refractivity contribution in [2.45, 2.75) is 6.17 Å². The molecule has 1 amide bonds. The van der Waals surface area contributed by atoms with Crippen LogP contribution in [0.3, 0.4) is 0 Å². The summed E-state index contributed by atoms with van der Waals surface area (Å²) >= 11 is 0. The molecule has 2 aromatic carbocycles. The summed E-state index contributed by atoms with van der Waals surface area (Å²) in [5.74, 6) is 0.0320. The van der Waals surface area contributed by atoms with Crippen molar-refractivity contribution in [3.05, 3.63) is 77.6 Å². The van der Waals surface area contributed by atoms with Crippen LogP contribution >= 0.6 is 0 Å². The number of furan rings is 1. The predicted octanol–water partition coefficient (Wildman–Crippen LogP) is 3.50. The van der Waals surface area contributed by atoms with Crippen LogP contribution in [0.2, 0.25) is 0 Å². The van der Waals surface area contributed by atoms with Gasteiger partial charge in [-0.3, -0.25) is 4.79 Å². The maximum atomic E-state index is 12.2. The number of hydrogen-bond donors (Lipinski definition) is 3. The number of fused-ring (bicyclic) bond motifs is 1. The Morgan fingerprint density at radius 1 is 0.960 bits per heavy atom. The Hall–Kier alpha value is -3.54. The molecule has 0 aliphatic carbocycles. The number of carboxylic acid groups (broad SMARTS) is 1. The van der Waals surface area contributed by atoms with Gasteiger partial charge in [-0.2, -0.15) is 0 Å². The standard InChI is InChI=1S/C19H14N2O4/c22-18-13-3-1-2-4-14(13)20-17(21-18)16-10-9-15(25-16)11-5-7-12(8-6-11)19(23)24/h1-10,17,20H,(H,21,22)(H,23,24)/t17-/m0/s1. The van der Waals surface area contributed by atoms with Gasteiger partial charge in [0.25, 0.3) is 5.91 Å². The molecule has 6 heteroatoms. The summed E-state index contributed by atoms with van der Waals surface area (Å²) in [6.45, 7) is 0. The fourth-order valence-electron chi connectivity index (χ4n) is 2.79. The van der Waals surface area contributed by atoms with E-state index in [2.05, 4.69) is 10.6 Å². The molecule has 1 atom stereocenters. The lowest BCUT2D eigenvalue weighted by molar-refractivity contribution is 0.0696. The average Bonchev–Trinajstić information content (AvgIpc) is 3.12. The molecule has 0 saturated heterocycles.